The van der Waals surface area contributed by atoms with Crippen LogP contribution in [0.15, 0.2) is 71.6 Å². The number of anilines is 1. The molecule has 3 rings (SSSR count). The quantitative estimate of drug-likeness (QED) is 0.449. The van der Waals surface area contributed by atoms with Gasteiger partial charge in [-0.1, -0.05) is 59.1 Å². The minimum absolute atomic E-state index is 0.0284. The van der Waals surface area contributed by atoms with Gasteiger partial charge in [-0.25, -0.2) is 8.42 Å². The molecule has 0 aliphatic heterocycles. The molecule has 1 N–H and O–H groups in total. The second kappa shape index (κ2) is 10.0. The zero-order chi connectivity index (χ0) is 22.6. The number of rotatable bonds is 7. The van der Waals surface area contributed by atoms with Crippen LogP contribution in [0.2, 0.25) is 15.1 Å². The maximum Gasteiger partial charge on any atom is 0.243 e. The van der Waals surface area contributed by atoms with E-state index in [9.17, 15) is 13.2 Å². The molecule has 0 aromatic heterocycles. The van der Waals surface area contributed by atoms with Gasteiger partial charge in [0, 0.05) is 17.3 Å². The first kappa shape index (κ1) is 23.6. The van der Waals surface area contributed by atoms with Crippen LogP contribution in [0.1, 0.15) is 11.1 Å². The van der Waals surface area contributed by atoms with Crippen molar-refractivity contribution in [1.82, 2.24) is 4.31 Å². The van der Waals surface area contributed by atoms with Gasteiger partial charge in [0.2, 0.25) is 15.9 Å². The molecule has 0 aliphatic rings. The highest BCUT2D eigenvalue weighted by Crippen LogP contribution is 2.26. The second-order valence-electron chi connectivity index (χ2n) is 6.84. The number of benzene rings is 3. The maximum atomic E-state index is 13.3. The van der Waals surface area contributed by atoms with Gasteiger partial charge in [-0.2, -0.15) is 4.31 Å². The summed E-state index contributed by atoms with van der Waals surface area (Å²) in [6.45, 7) is 1.40. The van der Waals surface area contributed by atoms with Crippen molar-refractivity contribution in [2.45, 2.75) is 18.4 Å². The van der Waals surface area contributed by atoms with Gasteiger partial charge in [0.15, 0.2) is 0 Å². The molecule has 0 saturated heterocycles. The molecule has 0 heterocycles. The third-order valence-electron chi connectivity index (χ3n) is 4.53. The van der Waals surface area contributed by atoms with E-state index < -0.39 is 15.9 Å². The average molecular weight is 498 g/mol. The number of nitrogens with zero attached hydrogens (tertiary/aromatic N) is 1. The van der Waals surface area contributed by atoms with E-state index >= 15 is 0 Å². The third kappa shape index (κ3) is 5.99. The minimum Gasteiger partial charge on any atom is -0.325 e. The van der Waals surface area contributed by atoms with Crippen LogP contribution in [-0.2, 0) is 21.4 Å². The predicted octanol–water partition coefficient (Wildman–Crippen LogP) is 5.78. The summed E-state index contributed by atoms with van der Waals surface area (Å²) >= 11 is 17.9. The molecule has 3 aromatic rings. The Labute approximate surface area is 196 Å². The first-order valence-electron chi connectivity index (χ1n) is 9.22. The summed E-state index contributed by atoms with van der Waals surface area (Å²) in [5.74, 6) is -0.466. The summed E-state index contributed by atoms with van der Waals surface area (Å²) in [7, 11) is -4.00. The van der Waals surface area contributed by atoms with Crippen LogP contribution in [0.5, 0.6) is 0 Å². The van der Waals surface area contributed by atoms with Crippen molar-refractivity contribution in [3.63, 3.8) is 0 Å². The zero-order valence-corrected chi connectivity index (χ0v) is 19.6. The van der Waals surface area contributed by atoms with Crippen molar-refractivity contribution in [1.29, 1.82) is 0 Å². The number of hydrogen-bond donors (Lipinski definition) is 1. The van der Waals surface area contributed by atoms with E-state index in [0.717, 1.165) is 9.87 Å². The van der Waals surface area contributed by atoms with E-state index in [4.69, 9.17) is 34.8 Å². The molecule has 0 spiro atoms. The van der Waals surface area contributed by atoms with E-state index in [1.165, 1.54) is 24.3 Å². The molecular weight excluding hydrogens is 479 g/mol. The van der Waals surface area contributed by atoms with Crippen LogP contribution in [0.4, 0.5) is 5.69 Å². The first-order valence-corrected chi connectivity index (χ1v) is 11.8. The van der Waals surface area contributed by atoms with E-state index in [0.29, 0.717) is 26.3 Å². The van der Waals surface area contributed by atoms with E-state index in [1.807, 2.05) is 19.1 Å². The van der Waals surface area contributed by atoms with Gasteiger partial charge < -0.3 is 5.32 Å². The van der Waals surface area contributed by atoms with Crippen LogP contribution in [0, 0.1) is 6.92 Å². The number of carbonyl (C=O) groups is 1. The number of para-hydroxylation sites is 1. The zero-order valence-electron chi connectivity index (χ0n) is 16.5. The lowest BCUT2D eigenvalue weighted by Gasteiger charge is -2.22. The highest BCUT2D eigenvalue weighted by Gasteiger charge is 2.27. The number of aryl methyl sites for hydroxylation is 1. The van der Waals surface area contributed by atoms with E-state index in [1.54, 1.807) is 30.3 Å². The summed E-state index contributed by atoms with van der Waals surface area (Å²) in [5.41, 5.74) is 2.08. The second-order valence-corrected chi connectivity index (χ2v) is 10.0. The van der Waals surface area contributed by atoms with Gasteiger partial charge in [0.05, 0.1) is 21.5 Å². The van der Waals surface area contributed by atoms with Gasteiger partial charge in [0.25, 0.3) is 0 Å². The lowest BCUT2D eigenvalue weighted by atomic mass is 10.2. The van der Waals surface area contributed by atoms with Gasteiger partial charge in [-0.15, -0.1) is 0 Å². The summed E-state index contributed by atoms with van der Waals surface area (Å²) in [4.78, 5) is 12.8. The van der Waals surface area contributed by atoms with E-state index in [-0.39, 0.29) is 18.0 Å². The van der Waals surface area contributed by atoms with Crippen LogP contribution in [-0.4, -0.2) is 25.2 Å². The monoisotopic (exact) mass is 496 g/mol. The molecule has 0 radical (unpaired) electrons. The SMILES string of the molecule is Cc1ccccc1NC(=O)CN(Cc1ccc(Cl)c(Cl)c1)S(=O)(=O)c1ccc(Cl)cc1. The smallest absolute Gasteiger partial charge is 0.243 e. The van der Waals surface area contributed by atoms with Gasteiger partial charge >= 0.3 is 0 Å². The molecule has 0 bridgehead atoms. The Kier molecular flexibility index (Phi) is 7.62. The fourth-order valence-corrected chi connectivity index (χ4v) is 4.72. The highest BCUT2D eigenvalue weighted by atomic mass is 35.5. The van der Waals surface area contributed by atoms with Crippen LogP contribution < -0.4 is 5.32 Å². The Morgan fingerprint density at radius 1 is 0.935 bits per heavy atom. The van der Waals surface area contributed by atoms with E-state index in [2.05, 4.69) is 5.32 Å². The van der Waals surface area contributed by atoms with Gasteiger partial charge in [-0.3, -0.25) is 4.79 Å². The molecule has 3 aromatic carbocycles. The maximum absolute atomic E-state index is 13.3. The van der Waals surface area contributed by atoms with Crippen molar-refractivity contribution in [2.24, 2.45) is 0 Å². The van der Waals surface area contributed by atoms with Crippen LogP contribution in [0.3, 0.4) is 0 Å². The highest BCUT2D eigenvalue weighted by molar-refractivity contribution is 7.89. The lowest BCUT2D eigenvalue weighted by molar-refractivity contribution is -0.116. The Balaban J connectivity index is 1.91. The van der Waals surface area contributed by atoms with Gasteiger partial charge in [-0.05, 0) is 60.5 Å². The summed E-state index contributed by atoms with van der Waals surface area (Å²) in [6.07, 6.45) is 0. The number of sulfonamides is 1. The topological polar surface area (TPSA) is 66.5 Å². The molecule has 0 unspecified atom stereocenters. The summed E-state index contributed by atoms with van der Waals surface area (Å²) < 4.78 is 27.7. The Hall–Kier alpha value is -2.09. The summed E-state index contributed by atoms with van der Waals surface area (Å²) in [6, 6.07) is 17.9. The molecule has 162 valence electrons. The number of hydrogen-bond acceptors (Lipinski definition) is 3. The van der Waals surface area contributed by atoms with Crippen LogP contribution in [0.25, 0.3) is 0 Å². The molecule has 0 atom stereocenters. The summed E-state index contributed by atoms with van der Waals surface area (Å²) in [5, 5.41) is 3.83. The van der Waals surface area contributed by atoms with Gasteiger partial charge in [0.1, 0.15) is 0 Å². The normalized spacial score (nSPS) is 11.5. The fourth-order valence-electron chi connectivity index (χ4n) is 2.89. The largest absolute Gasteiger partial charge is 0.325 e. The molecule has 5 nitrogen and oxygen atoms in total. The fraction of sp³-hybridized carbons (Fsp3) is 0.136. The molecule has 0 fully saturated rings. The first-order chi connectivity index (χ1) is 14.7. The van der Waals surface area contributed by atoms with Crippen molar-refractivity contribution >= 4 is 56.4 Å². The van der Waals surface area contributed by atoms with Crippen molar-refractivity contribution in [3.8, 4) is 0 Å². The Morgan fingerprint density at radius 3 is 2.26 bits per heavy atom. The van der Waals surface area contributed by atoms with Crippen LogP contribution >= 0.6 is 34.8 Å². The molecule has 31 heavy (non-hydrogen) atoms. The van der Waals surface area contributed by atoms with Crippen molar-refractivity contribution in [3.05, 3.63) is 92.9 Å². The average Bonchev–Trinajstić information content (AvgIpc) is 2.72. The Morgan fingerprint density at radius 2 is 1.61 bits per heavy atom. The molecule has 9 heteroatoms. The third-order valence-corrected chi connectivity index (χ3v) is 7.33. The number of amides is 1. The molecular formula is C22H19Cl3N2O3S. The van der Waals surface area contributed by atoms with Crippen molar-refractivity contribution < 1.29 is 13.2 Å². The minimum atomic E-state index is -4.00. The molecule has 1 amide bonds. The molecule has 0 aliphatic carbocycles. The number of halogens is 3. The standard InChI is InChI=1S/C22H19Cl3N2O3S/c1-15-4-2-3-5-21(15)26-22(28)14-27(13-16-6-11-19(24)20(25)12-16)31(29,30)18-9-7-17(23)8-10-18/h2-12H,13-14H2,1H3,(H,26,28). The Bertz CT molecular complexity index is 1200. The predicted molar refractivity (Wildman–Crippen MR) is 125 cm³/mol. The lowest BCUT2D eigenvalue weighted by Crippen LogP contribution is -2.37. The molecule has 0 saturated carbocycles. The number of nitrogens with one attached hydrogen (secondary N) is 1. The van der Waals surface area contributed by atoms with Crippen molar-refractivity contribution in [2.75, 3.05) is 11.9 Å². The number of carbonyl (C=O) groups excluding carboxylic acids is 1.